The molecule has 1 N–H and O–H groups in total. The molecule has 4 bridgehead atoms. The monoisotopic (exact) mass is 490 g/mol. The summed E-state index contributed by atoms with van der Waals surface area (Å²) in [7, 11) is 0.750. The number of amides is 1. The third-order valence-electron chi connectivity index (χ3n) is 7.57. The molecule has 5 aliphatic carbocycles. The molecule has 1 unspecified atom stereocenters. The number of allylic oxidation sites excluding steroid dienone is 4. The summed E-state index contributed by atoms with van der Waals surface area (Å²) in [5, 5.41) is 0. The summed E-state index contributed by atoms with van der Waals surface area (Å²) in [6.07, 6.45) is 10.1. The van der Waals surface area contributed by atoms with Crippen LogP contribution in [-0.2, 0) is 31.0 Å². The van der Waals surface area contributed by atoms with Crippen molar-refractivity contribution >= 4 is 15.4 Å². The van der Waals surface area contributed by atoms with Crippen molar-refractivity contribution in [2.24, 2.45) is 27.6 Å². The number of hydrogen-bond acceptors (Lipinski definition) is 1. The summed E-state index contributed by atoms with van der Waals surface area (Å²) in [6.45, 7) is 20.1. The Bertz CT molecular complexity index is 641. The van der Waals surface area contributed by atoms with E-state index in [4.69, 9.17) is 5.73 Å². The third-order valence-corrected chi connectivity index (χ3v) is 7.57. The normalized spacial score (nSPS) is 41.6. The Hall–Kier alpha value is 0.0500. The van der Waals surface area contributed by atoms with Gasteiger partial charge in [0.15, 0.2) is 0 Å². The van der Waals surface area contributed by atoms with Crippen LogP contribution in [0.1, 0.15) is 87.0 Å². The fourth-order valence-corrected chi connectivity index (χ4v) is 7.69. The van der Waals surface area contributed by atoms with E-state index in [-0.39, 0.29) is 37.5 Å². The van der Waals surface area contributed by atoms with Crippen molar-refractivity contribution in [1.29, 1.82) is 0 Å². The van der Waals surface area contributed by atoms with Crippen molar-refractivity contribution in [3.8, 4) is 0 Å². The van der Waals surface area contributed by atoms with Crippen LogP contribution in [0.3, 0.4) is 0 Å². The molecule has 1 radical (unpaired) electrons. The second kappa shape index (κ2) is 9.27. The molecule has 4 saturated carbocycles. The molecule has 0 aromatic heterocycles. The summed E-state index contributed by atoms with van der Waals surface area (Å²) in [5.41, 5.74) is 12.6. The van der Waals surface area contributed by atoms with Gasteiger partial charge in [0.25, 0.3) is 0 Å². The van der Waals surface area contributed by atoms with Gasteiger partial charge in [0.05, 0.1) is 5.91 Å². The van der Waals surface area contributed by atoms with E-state index in [0.717, 1.165) is 28.8 Å². The third kappa shape index (κ3) is 5.65. The first-order valence-electron chi connectivity index (χ1n) is 11.0. The quantitative estimate of drug-likeness (QED) is 0.282. The minimum absolute atomic E-state index is 0. The predicted molar refractivity (Wildman–Crippen MR) is 123 cm³/mol. The smallest absolute Gasteiger partial charge is 0.667 e. The van der Waals surface area contributed by atoms with Gasteiger partial charge in [-0.25, -0.2) is 5.57 Å². The number of carbonyl (C=O) groups excluding carboxylic acids is 1. The maximum atomic E-state index is 11.8. The number of nitrogens with one attached hydrogen (secondary N) is 1. The first-order valence-corrected chi connectivity index (χ1v) is 13.3. The summed E-state index contributed by atoms with van der Waals surface area (Å²) in [6, 6.07) is 0. The van der Waals surface area contributed by atoms with E-state index in [0.29, 0.717) is 22.2 Å². The molecule has 0 aromatic carbocycles. The van der Waals surface area contributed by atoms with Gasteiger partial charge in [0, 0.05) is 14.9 Å². The fraction of sp³-hybridized carbons (Fsp3) is 0.800. The van der Waals surface area contributed by atoms with Crippen LogP contribution in [0.5, 0.6) is 0 Å². The van der Waals surface area contributed by atoms with Gasteiger partial charge in [-0.3, -0.25) is 6.08 Å². The van der Waals surface area contributed by atoms with Crippen molar-refractivity contribution in [3.05, 3.63) is 28.5 Å². The van der Waals surface area contributed by atoms with Crippen molar-refractivity contribution in [2.75, 3.05) is 0 Å². The molecule has 0 spiro atoms. The second-order valence-corrected chi connectivity index (χ2v) is 12.6. The van der Waals surface area contributed by atoms with E-state index in [9.17, 15) is 4.79 Å². The number of rotatable bonds is 1. The van der Waals surface area contributed by atoms with E-state index < -0.39 is 0 Å². The summed E-state index contributed by atoms with van der Waals surface area (Å²) >= 11 is 0. The number of carbonyl (C=O) groups is 1. The Kier molecular flexibility index (Phi) is 8.66. The van der Waals surface area contributed by atoms with Gasteiger partial charge < -0.3 is 10.5 Å². The molecule has 4 fully saturated rings. The van der Waals surface area contributed by atoms with Gasteiger partial charge in [-0.2, -0.15) is 11.1 Å². The molecule has 4 heteroatoms. The van der Waals surface area contributed by atoms with Gasteiger partial charge in [-0.15, -0.1) is 6.92 Å². The predicted octanol–water partition coefficient (Wildman–Crippen LogP) is 7.19. The Morgan fingerprint density at radius 3 is 1.45 bits per heavy atom. The van der Waals surface area contributed by atoms with Crippen LogP contribution in [-0.4, -0.2) is 15.4 Å². The maximum absolute atomic E-state index is 11.8. The van der Waals surface area contributed by atoms with E-state index in [2.05, 4.69) is 67.6 Å². The van der Waals surface area contributed by atoms with Gasteiger partial charge >= 0.3 is 26.2 Å². The zero-order chi connectivity index (χ0) is 21.5. The van der Waals surface area contributed by atoms with Crippen molar-refractivity contribution in [3.63, 3.8) is 0 Å². The number of hydrogen-bond donors (Lipinski definition) is 0. The average Bonchev–Trinajstić information content (AvgIpc) is 2.70. The summed E-state index contributed by atoms with van der Waals surface area (Å²) < 4.78 is 0. The van der Waals surface area contributed by atoms with Gasteiger partial charge in [0.1, 0.15) is 0 Å². The Labute approximate surface area is 201 Å². The van der Waals surface area contributed by atoms with Gasteiger partial charge in [0.2, 0.25) is 0 Å². The molecule has 161 valence electrons. The van der Waals surface area contributed by atoms with Gasteiger partial charge in [-0.05, 0) is 54.8 Å². The zero-order valence-electron chi connectivity index (χ0n) is 20.3. The van der Waals surface area contributed by atoms with Crippen LogP contribution < -0.4 is 0 Å². The molecule has 0 aliphatic heterocycles. The molecule has 5 aliphatic rings. The minimum Gasteiger partial charge on any atom is -0.667 e. The minimum atomic E-state index is -0.285. The van der Waals surface area contributed by atoms with E-state index in [1.165, 1.54) is 36.0 Å². The van der Waals surface area contributed by atoms with Crippen molar-refractivity contribution in [2.45, 2.75) is 100 Å². The van der Waals surface area contributed by atoms with Gasteiger partial charge in [-0.1, -0.05) is 60.6 Å². The van der Waals surface area contributed by atoms with Crippen LogP contribution in [0.4, 0.5) is 0 Å². The first-order chi connectivity index (χ1) is 12.7. The maximum Gasteiger partial charge on any atom is 2.00 e. The van der Waals surface area contributed by atoms with Crippen molar-refractivity contribution < 1.29 is 31.0 Å². The fourth-order valence-electron chi connectivity index (χ4n) is 7.69. The second-order valence-electron chi connectivity index (χ2n) is 11.5. The zero-order valence-corrected chi connectivity index (χ0v) is 23.9. The molecular weight excluding hydrogens is 450 g/mol. The van der Waals surface area contributed by atoms with Crippen LogP contribution in [0.15, 0.2) is 16.7 Å². The van der Waals surface area contributed by atoms with E-state index in [1.54, 1.807) is 0 Å². The molecule has 29 heavy (non-hydrogen) atoms. The largest absolute Gasteiger partial charge is 2.00 e. The van der Waals surface area contributed by atoms with Crippen LogP contribution in [0.2, 0.25) is 13.1 Å². The van der Waals surface area contributed by atoms with E-state index >= 15 is 0 Å². The molecule has 0 heterocycles. The molecular formula is C25H42NOSiZr. The summed E-state index contributed by atoms with van der Waals surface area (Å²) in [4.78, 5) is 11.8. The molecule has 1 atom stereocenters. The van der Waals surface area contributed by atoms with Crippen LogP contribution in [0.25, 0.3) is 5.73 Å². The first kappa shape index (κ1) is 27.1. The Morgan fingerprint density at radius 1 is 0.931 bits per heavy atom. The Balaban J connectivity index is 0.000000277. The molecule has 0 saturated heterocycles. The standard InChI is InChI=1S/C14H23NO.C9H13.C2H7Si.Zr/c1-11-4-12(2)6-13(3,5-11)9-14(7-11,8-12)10(15)16;1-6-5-7(2)9(4)8(6)3;1-3-2;/h4-9H2,1-3H3,(H2,15,16);6H,1-4H3;3H,1-2H3;/q;-1;;+2/p-1. The molecule has 0 aromatic rings. The summed E-state index contributed by atoms with van der Waals surface area (Å²) in [5.74, 6) is 0.278. The molecule has 1 amide bonds. The van der Waals surface area contributed by atoms with Crippen molar-refractivity contribution in [1.82, 2.24) is 0 Å². The van der Waals surface area contributed by atoms with Crippen LogP contribution in [0, 0.1) is 33.7 Å². The van der Waals surface area contributed by atoms with E-state index in [1.807, 2.05) is 0 Å². The molecule has 2 nitrogen and oxygen atoms in total. The van der Waals surface area contributed by atoms with Crippen LogP contribution >= 0.6 is 0 Å². The molecule has 5 rings (SSSR count). The SMILES string of the molecule is CC12CC3(C)CC(C)(C1)CC(C([NH-])=O)(C2)C3.CC1=[C-]C(C)C(C)=C1C.C[SiH]C.[Zr+2]. The topological polar surface area (TPSA) is 40.9 Å². The average molecular weight is 492 g/mol. The Morgan fingerprint density at radius 2 is 1.28 bits per heavy atom.